The average molecular weight is 263 g/mol. The van der Waals surface area contributed by atoms with E-state index in [1.54, 1.807) is 7.05 Å². The molecule has 0 radical (unpaired) electrons. The Balaban J connectivity index is 2.74. The highest BCUT2D eigenvalue weighted by molar-refractivity contribution is 5.78. The van der Waals surface area contributed by atoms with E-state index in [1.807, 2.05) is 14.0 Å². The van der Waals surface area contributed by atoms with Crippen molar-refractivity contribution in [1.29, 1.82) is 0 Å². The molecule has 4 nitrogen and oxygen atoms in total. The second kappa shape index (κ2) is 7.26. The highest BCUT2D eigenvalue weighted by Gasteiger charge is 2.20. The van der Waals surface area contributed by atoms with E-state index >= 15 is 0 Å². The highest BCUT2D eigenvalue weighted by Crippen LogP contribution is 2.19. The van der Waals surface area contributed by atoms with Crippen LogP contribution in [0.25, 0.3) is 0 Å². The Morgan fingerprint density at radius 2 is 1.95 bits per heavy atom. The number of nitrogens with one attached hydrogen (secondary N) is 1. The number of likely N-dealkylation sites (N-methyl/N-ethyl adjacent to an activating group) is 1. The van der Waals surface area contributed by atoms with Crippen molar-refractivity contribution in [3.05, 3.63) is 35.4 Å². The fourth-order valence-electron chi connectivity index (χ4n) is 2.25. The minimum absolute atomic E-state index is 0.0468. The maximum absolute atomic E-state index is 11.6. The van der Waals surface area contributed by atoms with Crippen LogP contribution in [0.15, 0.2) is 24.3 Å². The molecule has 4 heteroatoms. The normalized spacial score (nSPS) is 14.2. The van der Waals surface area contributed by atoms with Crippen molar-refractivity contribution in [2.75, 3.05) is 27.2 Å². The topological polar surface area (TPSA) is 58.4 Å². The molecule has 1 amide bonds. The zero-order chi connectivity index (χ0) is 14.4. The molecule has 19 heavy (non-hydrogen) atoms. The van der Waals surface area contributed by atoms with Crippen LogP contribution in [0.1, 0.15) is 24.1 Å². The van der Waals surface area contributed by atoms with Crippen molar-refractivity contribution in [3.63, 3.8) is 0 Å². The van der Waals surface area contributed by atoms with E-state index in [1.165, 1.54) is 11.1 Å². The van der Waals surface area contributed by atoms with Gasteiger partial charge in [0.2, 0.25) is 5.91 Å². The summed E-state index contributed by atoms with van der Waals surface area (Å²) in [6, 6.07) is 8.54. The van der Waals surface area contributed by atoms with Gasteiger partial charge in [0, 0.05) is 32.1 Å². The van der Waals surface area contributed by atoms with Gasteiger partial charge in [0.15, 0.2) is 0 Å². The van der Waals surface area contributed by atoms with Crippen molar-refractivity contribution in [3.8, 4) is 0 Å². The smallest absolute Gasteiger partial charge is 0.223 e. The van der Waals surface area contributed by atoms with Crippen LogP contribution in [-0.4, -0.2) is 38.0 Å². The summed E-state index contributed by atoms with van der Waals surface area (Å²) in [6.45, 7) is 5.23. The number of hydrogen-bond donors (Lipinski definition) is 2. The molecule has 0 bridgehead atoms. The zero-order valence-electron chi connectivity index (χ0n) is 12.3. The molecule has 2 unspecified atom stereocenters. The van der Waals surface area contributed by atoms with Crippen LogP contribution in [0.5, 0.6) is 0 Å². The van der Waals surface area contributed by atoms with Gasteiger partial charge in [0.25, 0.3) is 0 Å². The van der Waals surface area contributed by atoms with E-state index in [0.717, 1.165) is 0 Å². The van der Waals surface area contributed by atoms with Gasteiger partial charge in [-0.2, -0.15) is 0 Å². The van der Waals surface area contributed by atoms with Gasteiger partial charge in [-0.1, -0.05) is 36.8 Å². The molecule has 0 fully saturated rings. The molecule has 0 spiro atoms. The van der Waals surface area contributed by atoms with Gasteiger partial charge in [-0.05, 0) is 19.5 Å². The Kier molecular flexibility index (Phi) is 5.99. The lowest BCUT2D eigenvalue weighted by Gasteiger charge is -2.29. The Bertz CT molecular complexity index is 402. The number of benzene rings is 1. The van der Waals surface area contributed by atoms with E-state index in [0.29, 0.717) is 13.1 Å². The summed E-state index contributed by atoms with van der Waals surface area (Å²) in [5.74, 6) is 0.0148. The molecule has 1 rings (SSSR count). The third-order valence-corrected chi connectivity index (χ3v) is 3.47. The molecule has 1 aromatic carbocycles. The first-order valence-corrected chi connectivity index (χ1v) is 6.68. The van der Waals surface area contributed by atoms with Crippen molar-refractivity contribution in [2.24, 2.45) is 11.7 Å². The third kappa shape index (κ3) is 4.33. The van der Waals surface area contributed by atoms with Crippen LogP contribution < -0.4 is 11.1 Å². The van der Waals surface area contributed by atoms with E-state index in [-0.39, 0.29) is 17.9 Å². The Hall–Kier alpha value is -1.39. The molecular formula is C15H25N3O. The summed E-state index contributed by atoms with van der Waals surface area (Å²) >= 11 is 0. The monoisotopic (exact) mass is 263 g/mol. The highest BCUT2D eigenvalue weighted by atomic mass is 16.1. The number of hydrogen-bond acceptors (Lipinski definition) is 3. The van der Waals surface area contributed by atoms with Crippen molar-refractivity contribution < 1.29 is 4.79 Å². The number of rotatable bonds is 6. The molecular weight excluding hydrogens is 238 g/mol. The van der Waals surface area contributed by atoms with Crippen molar-refractivity contribution in [2.45, 2.75) is 19.9 Å². The maximum atomic E-state index is 11.6. The molecule has 1 aromatic rings. The molecule has 2 atom stereocenters. The summed E-state index contributed by atoms with van der Waals surface area (Å²) < 4.78 is 0. The van der Waals surface area contributed by atoms with Gasteiger partial charge >= 0.3 is 0 Å². The minimum Gasteiger partial charge on any atom is -0.359 e. The molecule has 0 saturated heterocycles. The summed E-state index contributed by atoms with van der Waals surface area (Å²) in [5.41, 5.74) is 8.32. The Morgan fingerprint density at radius 1 is 1.37 bits per heavy atom. The lowest BCUT2D eigenvalue weighted by Crippen LogP contribution is -2.38. The second-order valence-electron chi connectivity index (χ2n) is 5.12. The van der Waals surface area contributed by atoms with Crippen LogP contribution in [0.2, 0.25) is 0 Å². The van der Waals surface area contributed by atoms with Gasteiger partial charge in [-0.25, -0.2) is 0 Å². The van der Waals surface area contributed by atoms with Crippen LogP contribution in [0.3, 0.4) is 0 Å². The standard InChI is InChI=1S/C15H25N3O/c1-11-5-7-13(8-6-11)14(9-16)18(4)10-12(2)15(19)17-3/h5-8,12,14H,9-10,16H2,1-4H3,(H,17,19). The first-order valence-electron chi connectivity index (χ1n) is 6.68. The van der Waals surface area contributed by atoms with E-state index < -0.39 is 0 Å². The van der Waals surface area contributed by atoms with E-state index in [4.69, 9.17) is 5.73 Å². The molecule has 0 aliphatic carbocycles. The zero-order valence-corrected chi connectivity index (χ0v) is 12.3. The van der Waals surface area contributed by atoms with Gasteiger partial charge in [-0.15, -0.1) is 0 Å². The molecule has 0 aliphatic rings. The lowest BCUT2D eigenvalue weighted by molar-refractivity contribution is -0.124. The Labute approximate surface area is 116 Å². The lowest BCUT2D eigenvalue weighted by atomic mass is 10.0. The summed E-state index contributed by atoms with van der Waals surface area (Å²) in [7, 11) is 3.68. The quantitative estimate of drug-likeness (QED) is 0.813. The van der Waals surface area contributed by atoms with Crippen LogP contribution in [-0.2, 0) is 4.79 Å². The van der Waals surface area contributed by atoms with Gasteiger partial charge in [0.05, 0.1) is 0 Å². The number of carbonyl (C=O) groups excluding carboxylic acids is 1. The SMILES string of the molecule is CNC(=O)C(C)CN(C)C(CN)c1ccc(C)cc1. The molecule has 0 aliphatic heterocycles. The summed E-state index contributed by atoms with van der Waals surface area (Å²) in [5, 5.41) is 2.68. The molecule has 0 aromatic heterocycles. The molecule has 106 valence electrons. The minimum atomic E-state index is -0.0468. The fourth-order valence-corrected chi connectivity index (χ4v) is 2.25. The Morgan fingerprint density at radius 3 is 2.42 bits per heavy atom. The van der Waals surface area contributed by atoms with Crippen molar-refractivity contribution >= 4 is 5.91 Å². The second-order valence-corrected chi connectivity index (χ2v) is 5.12. The first-order chi connectivity index (χ1) is 8.99. The molecule has 3 N–H and O–H groups in total. The van der Waals surface area contributed by atoms with E-state index in [2.05, 4.69) is 41.4 Å². The average Bonchev–Trinajstić information content (AvgIpc) is 2.40. The number of aryl methyl sites for hydroxylation is 1. The molecule has 0 saturated carbocycles. The fraction of sp³-hybridized carbons (Fsp3) is 0.533. The molecule has 0 heterocycles. The van der Waals surface area contributed by atoms with Gasteiger partial charge < -0.3 is 11.1 Å². The van der Waals surface area contributed by atoms with Gasteiger partial charge in [0.1, 0.15) is 0 Å². The number of nitrogens with zero attached hydrogens (tertiary/aromatic N) is 1. The largest absolute Gasteiger partial charge is 0.359 e. The first kappa shape index (κ1) is 15.7. The van der Waals surface area contributed by atoms with Crippen molar-refractivity contribution in [1.82, 2.24) is 10.2 Å². The predicted octanol–water partition coefficient (Wildman–Crippen LogP) is 1.31. The summed E-state index contributed by atoms with van der Waals surface area (Å²) in [6.07, 6.45) is 0. The van der Waals surface area contributed by atoms with E-state index in [9.17, 15) is 4.79 Å². The van der Waals surface area contributed by atoms with Crippen LogP contribution >= 0.6 is 0 Å². The maximum Gasteiger partial charge on any atom is 0.223 e. The predicted molar refractivity (Wildman–Crippen MR) is 78.8 cm³/mol. The van der Waals surface area contributed by atoms with Gasteiger partial charge in [-0.3, -0.25) is 9.69 Å². The third-order valence-electron chi connectivity index (χ3n) is 3.47. The number of carbonyl (C=O) groups is 1. The van der Waals surface area contributed by atoms with Crippen LogP contribution in [0.4, 0.5) is 0 Å². The van der Waals surface area contributed by atoms with Crippen LogP contribution in [0, 0.1) is 12.8 Å². The summed E-state index contributed by atoms with van der Waals surface area (Å²) in [4.78, 5) is 13.7. The number of nitrogens with two attached hydrogens (primary N) is 1. The number of amides is 1.